The van der Waals surface area contributed by atoms with Crippen LogP contribution in [-0.4, -0.2) is 24.1 Å². The van der Waals surface area contributed by atoms with Gasteiger partial charge in [-0.1, -0.05) is 24.3 Å². The highest BCUT2D eigenvalue weighted by Gasteiger charge is 2.11. The van der Waals surface area contributed by atoms with Gasteiger partial charge in [-0.15, -0.1) is 0 Å². The van der Waals surface area contributed by atoms with E-state index < -0.39 is 5.97 Å². The van der Waals surface area contributed by atoms with E-state index >= 15 is 0 Å². The van der Waals surface area contributed by atoms with Gasteiger partial charge in [-0.3, -0.25) is 4.79 Å². The van der Waals surface area contributed by atoms with Gasteiger partial charge in [0.1, 0.15) is 0 Å². The molecule has 21 heavy (non-hydrogen) atoms. The molecule has 0 aliphatic heterocycles. The molecule has 1 amide bonds. The quantitative estimate of drug-likeness (QED) is 0.885. The third kappa shape index (κ3) is 3.67. The Hall–Kier alpha value is -2.66. The number of nitrogens with one attached hydrogen (secondary N) is 1. The molecule has 0 radical (unpaired) electrons. The van der Waals surface area contributed by atoms with Crippen LogP contribution in [0.2, 0.25) is 0 Å². The van der Waals surface area contributed by atoms with Gasteiger partial charge >= 0.3 is 5.97 Å². The van der Waals surface area contributed by atoms with Gasteiger partial charge in [0.15, 0.2) is 0 Å². The molecule has 2 aromatic rings. The van der Waals surface area contributed by atoms with Crippen molar-refractivity contribution in [3.63, 3.8) is 0 Å². The molecule has 108 valence electrons. The number of ether oxygens (including phenoxy) is 1. The van der Waals surface area contributed by atoms with Crippen molar-refractivity contribution in [2.75, 3.05) is 12.4 Å². The predicted octanol–water partition coefficient (Wildman–Crippen LogP) is 2.78. The van der Waals surface area contributed by atoms with Gasteiger partial charge in [-0.25, -0.2) is 4.79 Å². The Kier molecular flexibility index (Phi) is 4.68. The predicted molar refractivity (Wildman–Crippen MR) is 78.5 cm³/mol. The van der Waals surface area contributed by atoms with Crippen molar-refractivity contribution in [1.82, 2.24) is 0 Å². The van der Waals surface area contributed by atoms with Crippen LogP contribution < -0.4 is 5.32 Å². The molecular formula is C16H15NO4. The maximum Gasteiger partial charge on any atom is 0.335 e. The van der Waals surface area contributed by atoms with E-state index in [1.54, 1.807) is 25.3 Å². The van der Waals surface area contributed by atoms with Crippen LogP contribution in [0.25, 0.3) is 0 Å². The number of hydrogen-bond acceptors (Lipinski definition) is 3. The van der Waals surface area contributed by atoms with Gasteiger partial charge in [0.2, 0.25) is 0 Å². The molecule has 2 aromatic carbocycles. The van der Waals surface area contributed by atoms with Crippen molar-refractivity contribution in [3.05, 3.63) is 65.2 Å². The Morgan fingerprint density at radius 1 is 1.10 bits per heavy atom. The van der Waals surface area contributed by atoms with Gasteiger partial charge in [0.05, 0.1) is 12.2 Å². The third-order valence-electron chi connectivity index (χ3n) is 2.94. The molecule has 0 aliphatic rings. The Labute approximate surface area is 122 Å². The number of rotatable bonds is 5. The molecule has 0 bridgehead atoms. The summed E-state index contributed by atoms with van der Waals surface area (Å²) in [6.45, 7) is 0.381. The molecule has 0 spiro atoms. The molecule has 2 rings (SSSR count). The van der Waals surface area contributed by atoms with Crippen molar-refractivity contribution < 1.29 is 19.4 Å². The van der Waals surface area contributed by atoms with Crippen LogP contribution in [0.5, 0.6) is 0 Å². The standard InChI is InChI=1S/C16H15NO4/c1-21-10-13-5-2-3-8-14(13)17-15(18)11-6-4-7-12(9-11)16(19)20/h2-9H,10H2,1H3,(H,17,18)(H,19,20). The van der Waals surface area contributed by atoms with Crippen LogP contribution in [-0.2, 0) is 11.3 Å². The lowest BCUT2D eigenvalue weighted by Gasteiger charge is -2.10. The lowest BCUT2D eigenvalue weighted by Crippen LogP contribution is -2.14. The number of aromatic carboxylic acids is 1. The van der Waals surface area contributed by atoms with E-state index in [9.17, 15) is 9.59 Å². The molecule has 0 saturated heterocycles. The van der Waals surface area contributed by atoms with E-state index in [4.69, 9.17) is 9.84 Å². The zero-order valence-electron chi connectivity index (χ0n) is 11.5. The highest BCUT2D eigenvalue weighted by atomic mass is 16.5. The first-order chi connectivity index (χ1) is 10.1. The summed E-state index contributed by atoms with van der Waals surface area (Å²) < 4.78 is 5.08. The van der Waals surface area contributed by atoms with Crippen molar-refractivity contribution in [2.24, 2.45) is 0 Å². The van der Waals surface area contributed by atoms with Gasteiger partial charge in [0, 0.05) is 23.9 Å². The fourth-order valence-corrected chi connectivity index (χ4v) is 1.91. The van der Waals surface area contributed by atoms with Crippen molar-refractivity contribution in [1.29, 1.82) is 0 Å². The minimum Gasteiger partial charge on any atom is -0.478 e. The summed E-state index contributed by atoms with van der Waals surface area (Å²) in [5.41, 5.74) is 1.86. The minimum absolute atomic E-state index is 0.0767. The van der Waals surface area contributed by atoms with Crippen LogP contribution in [0.3, 0.4) is 0 Å². The van der Waals surface area contributed by atoms with Gasteiger partial charge in [-0.2, -0.15) is 0 Å². The van der Waals surface area contributed by atoms with E-state index in [2.05, 4.69) is 5.32 Å². The smallest absolute Gasteiger partial charge is 0.335 e. The number of anilines is 1. The second-order valence-corrected chi connectivity index (χ2v) is 4.43. The molecule has 2 N–H and O–H groups in total. The maximum absolute atomic E-state index is 12.2. The molecule has 5 heteroatoms. The second kappa shape index (κ2) is 6.67. The summed E-state index contributed by atoms with van der Waals surface area (Å²) in [7, 11) is 1.58. The summed E-state index contributed by atoms with van der Waals surface area (Å²) in [6, 6.07) is 13.2. The number of hydrogen-bond donors (Lipinski definition) is 2. The van der Waals surface area contributed by atoms with Gasteiger partial charge in [0.25, 0.3) is 5.91 Å². The zero-order valence-corrected chi connectivity index (χ0v) is 11.5. The number of methoxy groups -OCH3 is 1. The first kappa shape index (κ1) is 14.7. The number of carbonyl (C=O) groups is 2. The number of benzene rings is 2. The van der Waals surface area contributed by atoms with E-state index in [1.807, 2.05) is 18.2 Å². The van der Waals surface area contributed by atoms with Crippen LogP contribution >= 0.6 is 0 Å². The summed E-state index contributed by atoms with van der Waals surface area (Å²) in [5.74, 6) is -1.42. The number of para-hydroxylation sites is 1. The lowest BCUT2D eigenvalue weighted by atomic mass is 10.1. The highest BCUT2D eigenvalue weighted by molar-refractivity contribution is 6.05. The van der Waals surface area contributed by atoms with Crippen molar-refractivity contribution in [2.45, 2.75) is 6.61 Å². The molecule has 0 aliphatic carbocycles. The topological polar surface area (TPSA) is 75.6 Å². The van der Waals surface area contributed by atoms with E-state index in [0.29, 0.717) is 17.9 Å². The Bertz CT molecular complexity index is 667. The maximum atomic E-state index is 12.2. The lowest BCUT2D eigenvalue weighted by molar-refractivity contribution is 0.0697. The Morgan fingerprint density at radius 3 is 2.52 bits per heavy atom. The van der Waals surface area contributed by atoms with Crippen molar-refractivity contribution >= 4 is 17.6 Å². The molecule has 0 heterocycles. The molecule has 0 saturated carbocycles. The molecular weight excluding hydrogens is 270 g/mol. The van der Waals surface area contributed by atoms with Crippen LogP contribution in [0.1, 0.15) is 26.3 Å². The zero-order chi connectivity index (χ0) is 15.2. The molecule has 5 nitrogen and oxygen atoms in total. The molecule has 0 atom stereocenters. The fourth-order valence-electron chi connectivity index (χ4n) is 1.91. The minimum atomic E-state index is -1.07. The SMILES string of the molecule is COCc1ccccc1NC(=O)c1cccc(C(=O)O)c1. The summed E-state index contributed by atoms with van der Waals surface area (Å²) >= 11 is 0. The normalized spacial score (nSPS) is 10.1. The van der Waals surface area contributed by atoms with E-state index in [1.165, 1.54) is 12.1 Å². The molecule has 0 fully saturated rings. The third-order valence-corrected chi connectivity index (χ3v) is 2.94. The number of amides is 1. The highest BCUT2D eigenvalue weighted by Crippen LogP contribution is 2.17. The van der Waals surface area contributed by atoms with Gasteiger partial charge < -0.3 is 15.2 Å². The van der Waals surface area contributed by atoms with Crippen LogP contribution in [0.15, 0.2) is 48.5 Å². The molecule has 0 aromatic heterocycles. The van der Waals surface area contributed by atoms with E-state index in [0.717, 1.165) is 5.56 Å². The second-order valence-electron chi connectivity index (χ2n) is 4.43. The largest absolute Gasteiger partial charge is 0.478 e. The van der Waals surface area contributed by atoms with Crippen molar-refractivity contribution in [3.8, 4) is 0 Å². The first-order valence-corrected chi connectivity index (χ1v) is 6.33. The van der Waals surface area contributed by atoms with E-state index in [-0.39, 0.29) is 11.5 Å². The van der Waals surface area contributed by atoms with Gasteiger partial charge in [-0.05, 0) is 24.3 Å². The summed E-state index contributed by atoms with van der Waals surface area (Å²) in [5, 5.41) is 11.7. The molecule has 0 unspecified atom stereocenters. The average Bonchev–Trinajstić information content (AvgIpc) is 2.49. The number of carboxylic acid groups (broad SMARTS) is 1. The Morgan fingerprint density at radius 2 is 1.81 bits per heavy atom. The number of carbonyl (C=O) groups excluding carboxylic acids is 1. The average molecular weight is 285 g/mol. The first-order valence-electron chi connectivity index (χ1n) is 6.33. The summed E-state index contributed by atoms with van der Waals surface area (Å²) in [6.07, 6.45) is 0. The summed E-state index contributed by atoms with van der Waals surface area (Å²) in [4.78, 5) is 23.1. The Balaban J connectivity index is 2.22. The van der Waals surface area contributed by atoms with Crippen LogP contribution in [0, 0.1) is 0 Å². The monoisotopic (exact) mass is 285 g/mol. The number of carboxylic acids is 1. The van der Waals surface area contributed by atoms with Crippen LogP contribution in [0.4, 0.5) is 5.69 Å². The fraction of sp³-hybridized carbons (Fsp3) is 0.125.